The average molecular weight is 292 g/mol. The third kappa shape index (κ3) is 5.46. The molecule has 1 amide bonds. The van der Waals surface area contributed by atoms with Gasteiger partial charge in [0.2, 0.25) is 0 Å². The highest BCUT2D eigenvalue weighted by atomic mass is 16.6. The van der Waals surface area contributed by atoms with Gasteiger partial charge in [-0.1, -0.05) is 43.2 Å². The van der Waals surface area contributed by atoms with Crippen LogP contribution in [0.25, 0.3) is 0 Å². The Morgan fingerprint density at radius 1 is 1.33 bits per heavy atom. The summed E-state index contributed by atoms with van der Waals surface area (Å²) >= 11 is 0. The summed E-state index contributed by atoms with van der Waals surface area (Å²) < 4.78 is 0. The summed E-state index contributed by atoms with van der Waals surface area (Å²) in [6, 6.07) is 9.67. The summed E-state index contributed by atoms with van der Waals surface area (Å²) in [5.41, 5.74) is 2.82. The molecule has 0 aliphatic heterocycles. The number of hydroxylamine groups is 1. The number of amides is 1. The van der Waals surface area contributed by atoms with Crippen LogP contribution in [-0.4, -0.2) is 41.7 Å². The van der Waals surface area contributed by atoms with Gasteiger partial charge in [0.25, 0.3) is 5.91 Å². The highest BCUT2D eigenvalue weighted by Gasteiger charge is 2.32. The van der Waals surface area contributed by atoms with Gasteiger partial charge >= 0.3 is 0 Å². The van der Waals surface area contributed by atoms with Crippen LogP contribution in [0.1, 0.15) is 31.2 Å². The Hall–Kier alpha value is -1.43. The van der Waals surface area contributed by atoms with Gasteiger partial charge in [-0.2, -0.15) is 0 Å². The van der Waals surface area contributed by atoms with Crippen LogP contribution in [0.15, 0.2) is 30.3 Å². The number of hydrogen-bond donors (Lipinski definition) is 2. The molecule has 0 radical (unpaired) electrons. The lowest BCUT2D eigenvalue weighted by Crippen LogP contribution is -2.43. The lowest BCUT2D eigenvalue weighted by Gasteiger charge is -2.28. The molecule has 0 spiro atoms. The van der Waals surface area contributed by atoms with Crippen LogP contribution in [-0.2, 0) is 16.2 Å². The first-order valence-electron chi connectivity index (χ1n) is 7.43. The van der Waals surface area contributed by atoms with Crippen molar-refractivity contribution >= 4 is 5.91 Å². The van der Waals surface area contributed by atoms with E-state index in [0.29, 0.717) is 13.2 Å². The zero-order valence-electron chi connectivity index (χ0n) is 12.5. The SMILES string of the molecule is CN(CC(=O)NOCc1ccccc1)CC1(O)CCCC1. The van der Waals surface area contributed by atoms with Crippen molar-refractivity contribution in [1.82, 2.24) is 10.4 Å². The first-order valence-corrected chi connectivity index (χ1v) is 7.43. The maximum absolute atomic E-state index is 11.8. The van der Waals surface area contributed by atoms with Crippen LogP contribution in [0.2, 0.25) is 0 Å². The van der Waals surface area contributed by atoms with Crippen LogP contribution in [0.5, 0.6) is 0 Å². The summed E-state index contributed by atoms with van der Waals surface area (Å²) in [6.07, 6.45) is 3.78. The minimum absolute atomic E-state index is 0.199. The Bertz CT molecular complexity index is 444. The molecule has 1 saturated carbocycles. The largest absolute Gasteiger partial charge is 0.389 e. The molecule has 0 bridgehead atoms. The fourth-order valence-electron chi connectivity index (χ4n) is 2.80. The number of aliphatic hydroxyl groups is 1. The van der Waals surface area contributed by atoms with Gasteiger partial charge in [0.05, 0.1) is 18.8 Å². The Kier molecular flexibility index (Phi) is 5.73. The Labute approximate surface area is 125 Å². The molecule has 21 heavy (non-hydrogen) atoms. The monoisotopic (exact) mass is 292 g/mol. The van der Waals surface area contributed by atoms with E-state index in [1.165, 1.54) is 0 Å². The van der Waals surface area contributed by atoms with Crippen LogP contribution in [0, 0.1) is 0 Å². The molecule has 0 atom stereocenters. The van der Waals surface area contributed by atoms with Crippen molar-refractivity contribution in [1.29, 1.82) is 0 Å². The number of benzene rings is 1. The number of carbonyl (C=O) groups excluding carboxylic acids is 1. The molecule has 1 aromatic carbocycles. The smallest absolute Gasteiger partial charge is 0.257 e. The zero-order valence-corrected chi connectivity index (χ0v) is 12.5. The molecule has 116 valence electrons. The van der Waals surface area contributed by atoms with E-state index in [4.69, 9.17) is 4.84 Å². The standard InChI is InChI=1S/C16H24N2O3/c1-18(13-16(20)9-5-6-10-16)11-15(19)17-21-12-14-7-3-2-4-8-14/h2-4,7-8,20H,5-6,9-13H2,1H3,(H,17,19). The van der Waals surface area contributed by atoms with E-state index >= 15 is 0 Å². The predicted octanol–water partition coefficient (Wildman–Crippen LogP) is 1.47. The van der Waals surface area contributed by atoms with Crippen molar-refractivity contribution in [2.24, 2.45) is 0 Å². The van der Waals surface area contributed by atoms with Gasteiger partial charge in [-0.25, -0.2) is 5.48 Å². The van der Waals surface area contributed by atoms with Crippen LogP contribution < -0.4 is 5.48 Å². The summed E-state index contributed by atoms with van der Waals surface area (Å²) in [4.78, 5) is 18.8. The summed E-state index contributed by atoms with van der Waals surface area (Å²) in [7, 11) is 1.84. The number of rotatable bonds is 7. The van der Waals surface area contributed by atoms with Crippen LogP contribution >= 0.6 is 0 Å². The number of carbonyl (C=O) groups is 1. The minimum Gasteiger partial charge on any atom is -0.389 e. The maximum Gasteiger partial charge on any atom is 0.257 e. The molecule has 0 heterocycles. The second kappa shape index (κ2) is 7.54. The molecule has 1 fully saturated rings. The average Bonchev–Trinajstić information content (AvgIpc) is 2.86. The summed E-state index contributed by atoms with van der Waals surface area (Å²) in [5.74, 6) is -0.199. The number of likely N-dealkylation sites (N-methyl/N-ethyl adjacent to an activating group) is 1. The first-order chi connectivity index (χ1) is 10.1. The van der Waals surface area contributed by atoms with Gasteiger partial charge in [-0.3, -0.25) is 14.5 Å². The Morgan fingerprint density at radius 2 is 2.00 bits per heavy atom. The first kappa shape index (κ1) is 15.9. The fourth-order valence-corrected chi connectivity index (χ4v) is 2.80. The lowest BCUT2D eigenvalue weighted by atomic mass is 10.0. The van der Waals surface area contributed by atoms with Crippen LogP contribution in [0.4, 0.5) is 0 Å². The minimum atomic E-state index is -0.625. The molecule has 5 heteroatoms. The van der Waals surface area contributed by atoms with Gasteiger partial charge in [0.1, 0.15) is 0 Å². The van der Waals surface area contributed by atoms with E-state index in [0.717, 1.165) is 31.2 Å². The molecule has 1 aliphatic carbocycles. The Balaban J connectivity index is 1.64. The van der Waals surface area contributed by atoms with Gasteiger partial charge in [-0.05, 0) is 25.5 Å². The van der Waals surface area contributed by atoms with Crippen molar-refractivity contribution in [3.8, 4) is 0 Å². The Morgan fingerprint density at radius 3 is 2.67 bits per heavy atom. The van der Waals surface area contributed by atoms with E-state index in [-0.39, 0.29) is 12.5 Å². The molecule has 0 aromatic heterocycles. The van der Waals surface area contributed by atoms with Crippen molar-refractivity contribution < 1.29 is 14.7 Å². The summed E-state index contributed by atoms with van der Waals surface area (Å²) in [6.45, 7) is 1.09. The molecule has 1 aromatic rings. The lowest BCUT2D eigenvalue weighted by molar-refractivity contribution is -0.136. The van der Waals surface area contributed by atoms with Gasteiger partial charge in [-0.15, -0.1) is 0 Å². The van der Waals surface area contributed by atoms with E-state index in [2.05, 4.69) is 5.48 Å². The van der Waals surface area contributed by atoms with E-state index in [1.54, 1.807) is 0 Å². The molecule has 2 N–H and O–H groups in total. The highest BCUT2D eigenvalue weighted by molar-refractivity contribution is 5.76. The third-order valence-corrected chi connectivity index (χ3v) is 3.78. The number of nitrogens with one attached hydrogen (secondary N) is 1. The quantitative estimate of drug-likeness (QED) is 0.747. The van der Waals surface area contributed by atoms with Crippen molar-refractivity contribution in [2.45, 2.75) is 37.9 Å². The van der Waals surface area contributed by atoms with E-state index < -0.39 is 5.60 Å². The van der Waals surface area contributed by atoms with Gasteiger partial charge < -0.3 is 5.11 Å². The molecular weight excluding hydrogens is 268 g/mol. The molecule has 0 saturated heterocycles. The predicted molar refractivity (Wildman–Crippen MR) is 80.3 cm³/mol. The number of hydrogen-bond acceptors (Lipinski definition) is 4. The van der Waals surface area contributed by atoms with Gasteiger partial charge in [0.15, 0.2) is 0 Å². The third-order valence-electron chi connectivity index (χ3n) is 3.78. The summed E-state index contributed by atoms with van der Waals surface area (Å²) in [5, 5.41) is 10.3. The second-order valence-electron chi connectivity index (χ2n) is 5.90. The molecule has 1 aliphatic rings. The van der Waals surface area contributed by atoms with Crippen molar-refractivity contribution in [2.75, 3.05) is 20.1 Å². The van der Waals surface area contributed by atoms with Gasteiger partial charge in [0, 0.05) is 6.54 Å². The molecule has 2 rings (SSSR count). The zero-order chi connectivity index (χ0) is 15.1. The highest BCUT2D eigenvalue weighted by Crippen LogP contribution is 2.29. The normalized spacial score (nSPS) is 17.1. The van der Waals surface area contributed by atoms with Crippen molar-refractivity contribution in [3.05, 3.63) is 35.9 Å². The maximum atomic E-state index is 11.8. The topological polar surface area (TPSA) is 61.8 Å². The molecule has 0 unspecified atom stereocenters. The second-order valence-corrected chi connectivity index (χ2v) is 5.90. The number of nitrogens with zero attached hydrogens (tertiary/aromatic N) is 1. The molecular formula is C16H24N2O3. The van der Waals surface area contributed by atoms with Crippen LogP contribution in [0.3, 0.4) is 0 Å². The molecule has 5 nitrogen and oxygen atoms in total. The van der Waals surface area contributed by atoms with E-state index in [9.17, 15) is 9.90 Å². The van der Waals surface area contributed by atoms with Crippen molar-refractivity contribution in [3.63, 3.8) is 0 Å². The fraction of sp³-hybridized carbons (Fsp3) is 0.562. The van der Waals surface area contributed by atoms with E-state index in [1.807, 2.05) is 42.3 Å².